The van der Waals surface area contributed by atoms with Crippen molar-refractivity contribution in [2.75, 3.05) is 7.11 Å². The first-order valence-corrected chi connectivity index (χ1v) is 6.72. The van der Waals surface area contributed by atoms with Gasteiger partial charge in [0.05, 0.1) is 13.0 Å². The van der Waals surface area contributed by atoms with Crippen LogP contribution in [0.5, 0.6) is 11.5 Å². The normalized spacial score (nSPS) is 24.0. The summed E-state index contributed by atoms with van der Waals surface area (Å²) in [5.74, 6) is 0.686. The average molecular weight is 270 g/mol. The number of rotatable bonds is 4. The van der Waals surface area contributed by atoms with Crippen LogP contribution in [0.2, 0.25) is 0 Å². The summed E-state index contributed by atoms with van der Waals surface area (Å²) in [6, 6.07) is 6.26. The molecule has 19 heavy (non-hydrogen) atoms. The monoisotopic (exact) mass is 270 g/mol. The Labute approximate surface area is 112 Å². The van der Waals surface area contributed by atoms with Crippen molar-refractivity contribution >= 4 is 0 Å². The van der Waals surface area contributed by atoms with E-state index in [2.05, 4.69) is 6.92 Å². The SMILES string of the molecule is COc1ccc(OC(F)(F)C2CCC(C)CC2)cc1. The lowest BCUT2D eigenvalue weighted by atomic mass is 9.82. The summed E-state index contributed by atoms with van der Waals surface area (Å²) >= 11 is 0. The van der Waals surface area contributed by atoms with Crippen molar-refractivity contribution < 1.29 is 18.3 Å². The first-order chi connectivity index (χ1) is 9.01. The van der Waals surface area contributed by atoms with Crippen LogP contribution in [0.3, 0.4) is 0 Å². The molecule has 0 heterocycles. The quantitative estimate of drug-likeness (QED) is 0.802. The maximum Gasteiger partial charge on any atom is 0.400 e. The number of benzene rings is 1. The predicted molar refractivity (Wildman–Crippen MR) is 69.7 cm³/mol. The molecule has 0 atom stereocenters. The largest absolute Gasteiger partial charge is 0.497 e. The minimum absolute atomic E-state index is 0.185. The Kier molecular flexibility index (Phi) is 4.27. The molecule has 1 aromatic carbocycles. The summed E-state index contributed by atoms with van der Waals surface area (Å²) in [6.45, 7) is 2.11. The zero-order chi connectivity index (χ0) is 13.9. The van der Waals surface area contributed by atoms with Crippen molar-refractivity contribution in [1.29, 1.82) is 0 Å². The molecule has 0 unspecified atom stereocenters. The van der Waals surface area contributed by atoms with Gasteiger partial charge in [0.1, 0.15) is 11.5 Å². The number of methoxy groups -OCH3 is 1. The molecule has 0 saturated heterocycles. The Morgan fingerprint density at radius 1 is 1.00 bits per heavy atom. The molecule has 106 valence electrons. The standard InChI is InChI=1S/C15H20F2O2/c1-11-3-5-12(6-4-11)15(16,17)19-14-9-7-13(18-2)8-10-14/h7-12H,3-6H2,1-2H3. The van der Waals surface area contributed by atoms with E-state index in [1.807, 2.05) is 0 Å². The molecule has 0 amide bonds. The molecule has 0 spiro atoms. The zero-order valence-corrected chi connectivity index (χ0v) is 11.4. The van der Waals surface area contributed by atoms with Gasteiger partial charge in [-0.15, -0.1) is 0 Å². The van der Waals surface area contributed by atoms with E-state index in [0.717, 1.165) is 12.8 Å². The summed E-state index contributed by atoms with van der Waals surface area (Å²) in [5.41, 5.74) is 0. The van der Waals surface area contributed by atoms with Crippen LogP contribution in [-0.2, 0) is 0 Å². The Balaban J connectivity index is 1.99. The second-order valence-corrected chi connectivity index (χ2v) is 5.30. The number of ether oxygens (including phenoxy) is 2. The molecule has 2 rings (SSSR count). The van der Waals surface area contributed by atoms with Crippen LogP contribution in [0.25, 0.3) is 0 Å². The fourth-order valence-corrected chi connectivity index (χ4v) is 2.48. The van der Waals surface area contributed by atoms with Crippen LogP contribution in [0.15, 0.2) is 24.3 Å². The molecule has 0 aliphatic heterocycles. The molecule has 0 radical (unpaired) electrons. The Morgan fingerprint density at radius 2 is 1.53 bits per heavy atom. The highest BCUT2D eigenvalue weighted by Gasteiger charge is 2.43. The Morgan fingerprint density at radius 3 is 2.05 bits per heavy atom. The van der Waals surface area contributed by atoms with Crippen LogP contribution in [-0.4, -0.2) is 13.2 Å². The van der Waals surface area contributed by atoms with Crippen LogP contribution >= 0.6 is 0 Å². The third-order valence-corrected chi connectivity index (χ3v) is 3.80. The van der Waals surface area contributed by atoms with Crippen molar-refractivity contribution in [1.82, 2.24) is 0 Å². The predicted octanol–water partition coefficient (Wildman–Crippen LogP) is 4.49. The molecular formula is C15H20F2O2. The van der Waals surface area contributed by atoms with Gasteiger partial charge in [-0.3, -0.25) is 0 Å². The Bertz CT molecular complexity index is 395. The van der Waals surface area contributed by atoms with Gasteiger partial charge in [-0.2, -0.15) is 8.78 Å². The van der Waals surface area contributed by atoms with Crippen LogP contribution < -0.4 is 9.47 Å². The lowest BCUT2D eigenvalue weighted by Crippen LogP contribution is -2.36. The van der Waals surface area contributed by atoms with Gasteiger partial charge >= 0.3 is 6.11 Å². The molecular weight excluding hydrogens is 250 g/mol. The zero-order valence-electron chi connectivity index (χ0n) is 11.4. The van der Waals surface area contributed by atoms with E-state index in [0.29, 0.717) is 24.5 Å². The van der Waals surface area contributed by atoms with Gasteiger partial charge < -0.3 is 9.47 Å². The number of hydrogen-bond acceptors (Lipinski definition) is 2. The second-order valence-electron chi connectivity index (χ2n) is 5.30. The molecule has 0 aromatic heterocycles. The maximum atomic E-state index is 14.1. The molecule has 1 aromatic rings. The van der Waals surface area contributed by atoms with Crippen molar-refractivity contribution in [3.8, 4) is 11.5 Å². The molecule has 0 N–H and O–H groups in total. The van der Waals surface area contributed by atoms with Gasteiger partial charge in [0.2, 0.25) is 0 Å². The van der Waals surface area contributed by atoms with Crippen LogP contribution in [0.1, 0.15) is 32.6 Å². The van der Waals surface area contributed by atoms with Gasteiger partial charge in [-0.1, -0.05) is 19.8 Å². The third-order valence-electron chi connectivity index (χ3n) is 3.80. The molecule has 1 aliphatic rings. The third kappa shape index (κ3) is 3.58. The highest BCUT2D eigenvalue weighted by atomic mass is 19.3. The van der Waals surface area contributed by atoms with E-state index in [4.69, 9.17) is 9.47 Å². The van der Waals surface area contributed by atoms with Crippen molar-refractivity contribution in [3.05, 3.63) is 24.3 Å². The molecule has 1 saturated carbocycles. The first-order valence-electron chi connectivity index (χ1n) is 6.72. The smallest absolute Gasteiger partial charge is 0.400 e. The summed E-state index contributed by atoms with van der Waals surface area (Å²) in [5, 5.41) is 0. The molecule has 1 fully saturated rings. The van der Waals surface area contributed by atoms with E-state index in [1.54, 1.807) is 12.1 Å². The van der Waals surface area contributed by atoms with E-state index in [-0.39, 0.29) is 5.75 Å². The van der Waals surface area contributed by atoms with Gasteiger partial charge in [-0.05, 0) is 43.0 Å². The molecule has 1 aliphatic carbocycles. The number of halogens is 2. The van der Waals surface area contributed by atoms with Gasteiger partial charge in [0, 0.05) is 0 Å². The summed E-state index contributed by atoms with van der Waals surface area (Å²) in [7, 11) is 1.54. The van der Waals surface area contributed by atoms with Crippen LogP contribution in [0.4, 0.5) is 8.78 Å². The second kappa shape index (κ2) is 5.76. The lowest BCUT2D eigenvalue weighted by molar-refractivity contribution is -0.223. The van der Waals surface area contributed by atoms with Crippen molar-refractivity contribution in [2.45, 2.75) is 38.7 Å². The Hall–Kier alpha value is -1.32. The lowest BCUT2D eigenvalue weighted by Gasteiger charge is -2.32. The van der Waals surface area contributed by atoms with E-state index < -0.39 is 12.0 Å². The van der Waals surface area contributed by atoms with E-state index in [1.165, 1.54) is 19.2 Å². The minimum atomic E-state index is -3.09. The fraction of sp³-hybridized carbons (Fsp3) is 0.600. The summed E-state index contributed by atoms with van der Waals surface area (Å²) in [6.07, 6.45) is -0.318. The van der Waals surface area contributed by atoms with Gasteiger partial charge in [-0.25, -0.2) is 0 Å². The first kappa shape index (κ1) is 14.1. The molecule has 2 nitrogen and oxygen atoms in total. The molecule has 0 bridgehead atoms. The average Bonchev–Trinajstić information content (AvgIpc) is 2.40. The highest BCUT2D eigenvalue weighted by Crippen LogP contribution is 2.39. The van der Waals surface area contributed by atoms with Gasteiger partial charge in [0.15, 0.2) is 0 Å². The van der Waals surface area contributed by atoms with Crippen molar-refractivity contribution in [3.63, 3.8) is 0 Å². The summed E-state index contributed by atoms with van der Waals surface area (Å²) in [4.78, 5) is 0. The van der Waals surface area contributed by atoms with Crippen LogP contribution in [0, 0.1) is 11.8 Å². The number of alkyl halides is 2. The maximum absolute atomic E-state index is 14.1. The van der Waals surface area contributed by atoms with Gasteiger partial charge in [0.25, 0.3) is 0 Å². The van der Waals surface area contributed by atoms with Crippen molar-refractivity contribution in [2.24, 2.45) is 11.8 Å². The molecule has 4 heteroatoms. The highest BCUT2D eigenvalue weighted by molar-refractivity contribution is 5.31. The summed E-state index contributed by atoms with van der Waals surface area (Å²) < 4.78 is 38.0. The van der Waals surface area contributed by atoms with E-state index >= 15 is 0 Å². The fourth-order valence-electron chi connectivity index (χ4n) is 2.48. The topological polar surface area (TPSA) is 18.5 Å². The van der Waals surface area contributed by atoms with E-state index in [9.17, 15) is 8.78 Å². The minimum Gasteiger partial charge on any atom is -0.497 e. The number of hydrogen-bond donors (Lipinski definition) is 0.